The third-order valence-corrected chi connectivity index (χ3v) is 2.39. The molecule has 0 amide bonds. The topological polar surface area (TPSA) is 43.8 Å². The van der Waals surface area contributed by atoms with E-state index >= 15 is 0 Å². The zero-order valence-electron chi connectivity index (χ0n) is 9.79. The maximum Gasteiger partial charge on any atom is 0.201 e. The lowest BCUT2D eigenvalue weighted by Gasteiger charge is -2.20. The summed E-state index contributed by atoms with van der Waals surface area (Å²) >= 11 is 0. The minimum atomic E-state index is -0.322. The van der Waals surface area contributed by atoms with Crippen LogP contribution in [0.1, 0.15) is 20.8 Å². The van der Waals surface area contributed by atoms with Crippen molar-refractivity contribution in [3.05, 3.63) is 24.0 Å². The largest absolute Gasteiger partial charge is 0.369 e. The van der Waals surface area contributed by atoms with Gasteiger partial charge in [-0.1, -0.05) is 26.8 Å². The molecule has 0 aliphatic rings. The number of nitrogens with two attached hydrogens (primary N) is 1. The van der Waals surface area contributed by atoms with Crippen LogP contribution in [0.2, 0.25) is 0 Å². The van der Waals surface area contributed by atoms with Crippen LogP contribution in [0.5, 0.6) is 0 Å². The molecule has 0 saturated heterocycles. The van der Waals surface area contributed by atoms with E-state index in [-0.39, 0.29) is 11.2 Å². The van der Waals surface area contributed by atoms with Crippen LogP contribution in [0, 0.1) is 11.2 Å². The predicted octanol–water partition coefficient (Wildman–Crippen LogP) is 2.80. The Morgan fingerprint density at radius 3 is 2.69 bits per heavy atom. The highest BCUT2D eigenvalue weighted by molar-refractivity contribution is 5.78. The summed E-state index contributed by atoms with van der Waals surface area (Å²) in [4.78, 5) is 4.06. The average Bonchev–Trinajstić information content (AvgIpc) is 2.44. The Kier molecular flexibility index (Phi) is 2.37. The Hall–Kier alpha value is -1.58. The molecule has 3 nitrogen and oxygen atoms in total. The van der Waals surface area contributed by atoms with E-state index in [1.165, 1.54) is 6.07 Å². The number of nitrogens with zero attached hydrogens (tertiary/aromatic N) is 2. The lowest BCUT2D eigenvalue weighted by Crippen LogP contribution is -2.17. The van der Waals surface area contributed by atoms with Crippen LogP contribution >= 0.6 is 0 Å². The third kappa shape index (κ3) is 1.87. The molecule has 2 N–H and O–H groups in total. The molecule has 1 heterocycles. The Bertz CT molecular complexity index is 523. The van der Waals surface area contributed by atoms with E-state index in [4.69, 9.17) is 5.73 Å². The van der Waals surface area contributed by atoms with E-state index in [9.17, 15) is 4.39 Å². The molecule has 0 aliphatic heterocycles. The van der Waals surface area contributed by atoms with Crippen LogP contribution in [0.4, 0.5) is 10.3 Å². The Balaban J connectivity index is 2.61. The van der Waals surface area contributed by atoms with Crippen molar-refractivity contribution >= 4 is 17.0 Å². The molecule has 0 atom stereocenters. The number of aromatic nitrogens is 2. The minimum absolute atomic E-state index is 0.0774. The number of benzene rings is 1. The number of halogens is 1. The summed E-state index contributed by atoms with van der Waals surface area (Å²) in [7, 11) is 0. The molecule has 2 aromatic rings. The standard InChI is InChI=1S/C12H16FN3/c1-12(2,3)7-16-9-6-4-5-8(13)10(9)15-11(16)14/h4-6H,7H2,1-3H3,(H2,14,15). The van der Waals surface area contributed by atoms with Crippen molar-refractivity contribution in [2.24, 2.45) is 5.41 Å². The van der Waals surface area contributed by atoms with Crippen LogP contribution in [-0.2, 0) is 6.54 Å². The van der Waals surface area contributed by atoms with E-state index in [2.05, 4.69) is 25.8 Å². The number of hydrogen-bond acceptors (Lipinski definition) is 2. The predicted molar refractivity (Wildman–Crippen MR) is 63.6 cm³/mol. The molecule has 0 bridgehead atoms. The zero-order chi connectivity index (χ0) is 11.9. The van der Waals surface area contributed by atoms with E-state index < -0.39 is 0 Å². The summed E-state index contributed by atoms with van der Waals surface area (Å²) in [6.45, 7) is 7.05. The molecule has 0 fully saturated rings. The van der Waals surface area contributed by atoms with Gasteiger partial charge in [-0.25, -0.2) is 9.37 Å². The van der Waals surface area contributed by atoms with Crippen molar-refractivity contribution in [2.75, 3.05) is 5.73 Å². The smallest absolute Gasteiger partial charge is 0.201 e. The van der Waals surface area contributed by atoms with Crippen LogP contribution in [-0.4, -0.2) is 9.55 Å². The van der Waals surface area contributed by atoms with Crippen molar-refractivity contribution < 1.29 is 4.39 Å². The second-order valence-electron chi connectivity index (χ2n) is 5.22. The monoisotopic (exact) mass is 221 g/mol. The van der Waals surface area contributed by atoms with Crippen LogP contribution in [0.3, 0.4) is 0 Å². The van der Waals surface area contributed by atoms with Crippen molar-refractivity contribution in [1.82, 2.24) is 9.55 Å². The fourth-order valence-electron chi connectivity index (χ4n) is 1.77. The molecule has 0 saturated carbocycles. The first-order valence-electron chi connectivity index (χ1n) is 5.29. The lowest BCUT2D eigenvalue weighted by atomic mass is 9.97. The first-order chi connectivity index (χ1) is 7.38. The van der Waals surface area contributed by atoms with Gasteiger partial charge in [0.1, 0.15) is 5.52 Å². The maximum atomic E-state index is 13.5. The van der Waals surface area contributed by atoms with Gasteiger partial charge in [0.05, 0.1) is 5.52 Å². The molecule has 1 aromatic carbocycles. The van der Waals surface area contributed by atoms with Crippen LogP contribution < -0.4 is 5.73 Å². The average molecular weight is 221 g/mol. The number of rotatable bonds is 1. The summed E-state index contributed by atoms with van der Waals surface area (Å²) in [5.74, 6) is 0.0480. The maximum absolute atomic E-state index is 13.5. The van der Waals surface area contributed by atoms with E-state index in [1.54, 1.807) is 6.07 Å². The van der Waals surface area contributed by atoms with E-state index in [0.29, 0.717) is 11.5 Å². The van der Waals surface area contributed by atoms with Crippen LogP contribution in [0.25, 0.3) is 11.0 Å². The first kappa shape index (κ1) is 10.9. The molecule has 0 spiro atoms. The van der Waals surface area contributed by atoms with Gasteiger partial charge in [-0.05, 0) is 17.5 Å². The molecule has 0 radical (unpaired) electrons. The number of nitrogen functional groups attached to an aromatic ring is 1. The van der Waals surface area contributed by atoms with Gasteiger partial charge in [0.25, 0.3) is 0 Å². The number of imidazole rings is 1. The fraction of sp³-hybridized carbons (Fsp3) is 0.417. The van der Waals surface area contributed by atoms with Gasteiger partial charge in [0.2, 0.25) is 5.95 Å². The van der Waals surface area contributed by atoms with Gasteiger partial charge in [-0.15, -0.1) is 0 Å². The summed E-state index contributed by atoms with van der Waals surface area (Å²) < 4.78 is 15.3. The molecular formula is C12H16FN3. The second-order valence-corrected chi connectivity index (χ2v) is 5.22. The van der Waals surface area contributed by atoms with Crippen molar-refractivity contribution in [1.29, 1.82) is 0 Å². The lowest BCUT2D eigenvalue weighted by molar-refractivity contribution is 0.351. The fourth-order valence-corrected chi connectivity index (χ4v) is 1.77. The summed E-state index contributed by atoms with van der Waals surface area (Å²) in [5.41, 5.74) is 7.00. The van der Waals surface area contributed by atoms with Crippen molar-refractivity contribution in [3.63, 3.8) is 0 Å². The number of hydrogen-bond donors (Lipinski definition) is 1. The Labute approximate surface area is 94.1 Å². The summed E-state index contributed by atoms with van der Waals surface area (Å²) in [6, 6.07) is 4.92. The Morgan fingerprint density at radius 1 is 1.38 bits per heavy atom. The number of anilines is 1. The third-order valence-electron chi connectivity index (χ3n) is 2.39. The molecular weight excluding hydrogens is 205 g/mol. The number of fused-ring (bicyclic) bond motifs is 1. The van der Waals surface area contributed by atoms with Gasteiger partial charge < -0.3 is 10.3 Å². The number of para-hydroxylation sites is 1. The van der Waals surface area contributed by atoms with Gasteiger partial charge in [-0.3, -0.25) is 0 Å². The van der Waals surface area contributed by atoms with E-state index in [1.807, 2.05) is 10.6 Å². The van der Waals surface area contributed by atoms with Gasteiger partial charge >= 0.3 is 0 Å². The second kappa shape index (κ2) is 3.47. The highest BCUT2D eigenvalue weighted by atomic mass is 19.1. The van der Waals surface area contributed by atoms with E-state index in [0.717, 1.165) is 12.1 Å². The summed E-state index contributed by atoms with van der Waals surface area (Å²) in [6.07, 6.45) is 0. The normalized spacial score (nSPS) is 12.2. The van der Waals surface area contributed by atoms with Gasteiger partial charge in [0.15, 0.2) is 5.82 Å². The van der Waals surface area contributed by atoms with Crippen LogP contribution in [0.15, 0.2) is 18.2 Å². The molecule has 0 aliphatic carbocycles. The molecule has 1 aromatic heterocycles. The SMILES string of the molecule is CC(C)(C)Cn1c(N)nc2c(F)cccc21. The first-order valence-corrected chi connectivity index (χ1v) is 5.29. The van der Waals surface area contributed by atoms with Crippen molar-refractivity contribution in [2.45, 2.75) is 27.3 Å². The van der Waals surface area contributed by atoms with Crippen molar-refractivity contribution in [3.8, 4) is 0 Å². The van der Waals surface area contributed by atoms with Gasteiger partial charge in [-0.2, -0.15) is 0 Å². The minimum Gasteiger partial charge on any atom is -0.369 e. The molecule has 0 unspecified atom stereocenters. The van der Waals surface area contributed by atoms with Gasteiger partial charge in [0, 0.05) is 6.54 Å². The summed E-state index contributed by atoms with van der Waals surface area (Å²) in [5, 5.41) is 0. The molecule has 86 valence electrons. The highest BCUT2D eigenvalue weighted by Crippen LogP contribution is 2.25. The molecule has 16 heavy (non-hydrogen) atoms. The molecule has 4 heteroatoms. The quantitative estimate of drug-likeness (QED) is 0.804. The zero-order valence-corrected chi connectivity index (χ0v) is 9.79. The molecule has 2 rings (SSSR count). The highest BCUT2D eigenvalue weighted by Gasteiger charge is 2.17. The Morgan fingerprint density at radius 2 is 2.06 bits per heavy atom.